The van der Waals surface area contributed by atoms with Crippen LogP contribution in [0.4, 0.5) is 11.4 Å². The number of nitrogens with one attached hydrogen (secondary N) is 1. The number of halogens is 1. The summed E-state index contributed by atoms with van der Waals surface area (Å²) >= 11 is 0. The Labute approximate surface area is 154 Å². The average Bonchev–Trinajstić information content (AvgIpc) is 2.57. The minimum atomic E-state index is -0.0426. The maximum absolute atomic E-state index is 12.0. The second kappa shape index (κ2) is 10.5. The number of anilines is 2. The van der Waals surface area contributed by atoms with Crippen molar-refractivity contribution in [1.29, 1.82) is 0 Å². The van der Waals surface area contributed by atoms with E-state index in [4.69, 9.17) is 15.2 Å². The molecule has 3 N–H and O–H groups in total. The second-order valence-corrected chi connectivity index (χ2v) is 5.48. The molecule has 1 amide bonds. The summed E-state index contributed by atoms with van der Waals surface area (Å²) in [5, 5.41) is 2.88. The van der Waals surface area contributed by atoms with E-state index in [1.54, 1.807) is 6.07 Å². The van der Waals surface area contributed by atoms with E-state index < -0.39 is 0 Å². The van der Waals surface area contributed by atoms with Gasteiger partial charge in [-0.25, -0.2) is 0 Å². The first-order chi connectivity index (χ1) is 11.6. The van der Waals surface area contributed by atoms with Gasteiger partial charge in [0.05, 0.1) is 13.2 Å². The van der Waals surface area contributed by atoms with E-state index in [2.05, 4.69) is 5.32 Å². The standard InChI is InChI=1S/C19H24N2O3.ClH/c1-3-23-16-8-10-17(11-9-16)24-12-4-5-19(22)21-18-13-15(20)7-6-14(18)2;/h6-11,13H,3-5,12,20H2,1-2H3,(H,21,22);1H. The SMILES string of the molecule is CCOc1ccc(OCCCC(=O)Nc2cc(N)ccc2C)cc1.Cl. The summed E-state index contributed by atoms with van der Waals surface area (Å²) in [5.41, 5.74) is 8.12. The number of carbonyl (C=O) groups is 1. The molecule has 0 aromatic heterocycles. The van der Waals surface area contributed by atoms with E-state index in [1.165, 1.54) is 0 Å². The highest BCUT2D eigenvalue weighted by Gasteiger charge is 2.05. The molecule has 0 atom stereocenters. The summed E-state index contributed by atoms with van der Waals surface area (Å²) in [4.78, 5) is 12.0. The second-order valence-electron chi connectivity index (χ2n) is 5.48. The van der Waals surface area contributed by atoms with Gasteiger partial charge in [-0.3, -0.25) is 4.79 Å². The van der Waals surface area contributed by atoms with Crippen LogP contribution in [0.3, 0.4) is 0 Å². The van der Waals surface area contributed by atoms with Crippen molar-refractivity contribution in [1.82, 2.24) is 0 Å². The third-order valence-corrected chi connectivity index (χ3v) is 3.49. The Hall–Kier alpha value is -2.40. The van der Waals surface area contributed by atoms with Crippen molar-refractivity contribution in [2.24, 2.45) is 0 Å². The van der Waals surface area contributed by atoms with Crippen molar-refractivity contribution in [3.63, 3.8) is 0 Å². The van der Waals surface area contributed by atoms with Gasteiger partial charge in [-0.05, 0) is 62.2 Å². The quantitative estimate of drug-likeness (QED) is 0.544. The van der Waals surface area contributed by atoms with Crippen molar-refractivity contribution >= 4 is 29.7 Å². The molecule has 0 spiro atoms. The van der Waals surface area contributed by atoms with Gasteiger partial charge >= 0.3 is 0 Å². The molecule has 0 aliphatic rings. The van der Waals surface area contributed by atoms with Crippen molar-refractivity contribution in [3.05, 3.63) is 48.0 Å². The molecule has 0 saturated heterocycles. The lowest BCUT2D eigenvalue weighted by Crippen LogP contribution is -2.13. The van der Waals surface area contributed by atoms with Crippen molar-refractivity contribution < 1.29 is 14.3 Å². The molecular weight excluding hydrogens is 340 g/mol. The van der Waals surface area contributed by atoms with Crippen LogP contribution < -0.4 is 20.5 Å². The number of aryl methyl sites for hydroxylation is 1. The van der Waals surface area contributed by atoms with Gasteiger partial charge in [-0.2, -0.15) is 0 Å². The third kappa shape index (κ3) is 6.93. The van der Waals surface area contributed by atoms with Crippen molar-refractivity contribution in [2.75, 3.05) is 24.3 Å². The number of amides is 1. The zero-order chi connectivity index (χ0) is 17.4. The smallest absolute Gasteiger partial charge is 0.224 e. The minimum absolute atomic E-state index is 0. The number of hydrogen-bond acceptors (Lipinski definition) is 4. The van der Waals surface area contributed by atoms with Gasteiger partial charge in [0.1, 0.15) is 11.5 Å². The molecular formula is C19H25ClN2O3. The Morgan fingerprint density at radius 2 is 1.72 bits per heavy atom. The summed E-state index contributed by atoms with van der Waals surface area (Å²) in [6.07, 6.45) is 1.03. The maximum atomic E-state index is 12.0. The molecule has 0 bridgehead atoms. The Morgan fingerprint density at radius 3 is 2.36 bits per heavy atom. The molecule has 0 radical (unpaired) electrons. The predicted molar refractivity (Wildman–Crippen MR) is 104 cm³/mol. The molecule has 2 aromatic rings. The highest BCUT2D eigenvalue weighted by Crippen LogP contribution is 2.19. The third-order valence-electron chi connectivity index (χ3n) is 3.49. The lowest BCUT2D eigenvalue weighted by molar-refractivity contribution is -0.116. The zero-order valence-corrected chi connectivity index (χ0v) is 15.4. The topological polar surface area (TPSA) is 73.6 Å². The van der Waals surface area contributed by atoms with Crippen LogP contribution in [-0.2, 0) is 4.79 Å². The normalized spacial score (nSPS) is 9.84. The molecule has 0 aliphatic carbocycles. The molecule has 5 nitrogen and oxygen atoms in total. The van der Waals surface area contributed by atoms with Gasteiger partial charge in [0.2, 0.25) is 5.91 Å². The number of carbonyl (C=O) groups excluding carboxylic acids is 1. The van der Waals surface area contributed by atoms with Gasteiger partial charge < -0.3 is 20.5 Å². The first-order valence-electron chi connectivity index (χ1n) is 8.10. The highest BCUT2D eigenvalue weighted by molar-refractivity contribution is 5.92. The molecule has 0 aliphatic heterocycles. The molecule has 0 fully saturated rings. The first kappa shape index (κ1) is 20.6. The van der Waals surface area contributed by atoms with Gasteiger partial charge in [0.25, 0.3) is 0 Å². The molecule has 2 aromatic carbocycles. The van der Waals surface area contributed by atoms with Gasteiger partial charge in [-0.15, -0.1) is 12.4 Å². The molecule has 0 unspecified atom stereocenters. The summed E-state index contributed by atoms with van der Waals surface area (Å²) in [6.45, 7) is 5.00. The Bertz CT molecular complexity index is 675. The van der Waals surface area contributed by atoms with E-state index >= 15 is 0 Å². The highest BCUT2D eigenvalue weighted by atomic mass is 35.5. The Kier molecular flexibility index (Phi) is 8.64. The predicted octanol–water partition coefficient (Wildman–Crippen LogP) is 4.20. The maximum Gasteiger partial charge on any atom is 0.224 e. The summed E-state index contributed by atoms with van der Waals surface area (Å²) < 4.78 is 11.0. The summed E-state index contributed by atoms with van der Waals surface area (Å²) in [7, 11) is 0. The van der Waals surface area contributed by atoms with E-state index in [9.17, 15) is 4.79 Å². The Balaban J connectivity index is 0.00000312. The lowest BCUT2D eigenvalue weighted by Gasteiger charge is -2.10. The molecule has 0 heterocycles. The number of hydrogen-bond donors (Lipinski definition) is 2. The number of rotatable bonds is 8. The lowest BCUT2D eigenvalue weighted by atomic mass is 10.1. The van der Waals surface area contributed by atoms with Crippen LogP contribution in [0.1, 0.15) is 25.3 Å². The van der Waals surface area contributed by atoms with Crippen LogP contribution in [-0.4, -0.2) is 19.1 Å². The van der Waals surface area contributed by atoms with Crippen LogP contribution in [0, 0.1) is 6.92 Å². The van der Waals surface area contributed by atoms with Crippen molar-refractivity contribution in [3.8, 4) is 11.5 Å². The molecule has 6 heteroatoms. The van der Waals surface area contributed by atoms with E-state index in [-0.39, 0.29) is 18.3 Å². The molecule has 136 valence electrons. The van der Waals surface area contributed by atoms with Crippen LogP contribution >= 0.6 is 12.4 Å². The van der Waals surface area contributed by atoms with Crippen LogP contribution in [0.2, 0.25) is 0 Å². The van der Waals surface area contributed by atoms with Crippen LogP contribution in [0.25, 0.3) is 0 Å². The first-order valence-corrected chi connectivity index (χ1v) is 8.10. The fraction of sp³-hybridized carbons (Fsp3) is 0.316. The number of nitrogens with two attached hydrogens (primary N) is 1. The monoisotopic (exact) mass is 364 g/mol. The fourth-order valence-corrected chi connectivity index (χ4v) is 2.21. The van der Waals surface area contributed by atoms with Gasteiger partial charge in [0.15, 0.2) is 0 Å². The summed E-state index contributed by atoms with van der Waals surface area (Å²) in [5.74, 6) is 1.55. The average molecular weight is 365 g/mol. The van der Waals surface area contributed by atoms with E-state index in [1.807, 2.05) is 50.2 Å². The number of ether oxygens (including phenoxy) is 2. The van der Waals surface area contributed by atoms with Gasteiger partial charge in [0, 0.05) is 17.8 Å². The largest absolute Gasteiger partial charge is 0.494 e. The van der Waals surface area contributed by atoms with Crippen molar-refractivity contribution in [2.45, 2.75) is 26.7 Å². The van der Waals surface area contributed by atoms with Crippen LogP contribution in [0.15, 0.2) is 42.5 Å². The van der Waals surface area contributed by atoms with E-state index in [0.29, 0.717) is 31.7 Å². The fourth-order valence-electron chi connectivity index (χ4n) is 2.21. The van der Waals surface area contributed by atoms with Crippen LogP contribution in [0.5, 0.6) is 11.5 Å². The molecule has 2 rings (SSSR count). The Morgan fingerprint density at radius 1 is 1.08 bits per heavy atom. The number of benzene rings is 2. The van der Waals surface area contributed by atoms with Gasteiger partial charge in [-0.1, -0.05) is 6.07 Å². The van der Waals surface area contributed by atoms with E-state index in [0.717, 1.165) is 22.7 Å². The number of nitrogen functional groups attached to an aromatic ring is 1. The minimum Gasteiger partial charge on any atom is -0.494 e. The molecule has 0 saturated carbocycles. The summed E-state index contributed by atoms with van der Waals surface area (Å²) in [6, 6.07) is 12.9. The zero-order valence-electron chi connectivity index (χ0n) is 14.6. The molecule has 25 heavy (non-hydrogen) atoms.